The molecule has 0 spiro atoms. The third kappa shape index (κ3) is 4.40. The Hall–Kier alpha value is -1.24. The van der Waals surface area contributed by atoms with Gasteiger partial charge in [-0.1, -0.05) is 13.3 Å². The average Bonchev–Trinajstić information content (AvgIpc) is 3.07. The Balaban J connectivity index is 1.83. The molecule has 0 aromatic carbocycles. The van der Waals surface area contributed by atoms with Gasteiger partial charge in [0.1, 0.15) is 5.01 Å². The lowest BCUT2D eigenvalue weighted by Crippen LogP contribution is -2.33. The number of carbonyl (C=O) groups excluding carboxylic acids is 1. The highest BCUT2D eigenvalue weighted by Gasteiger charge is 2.10. The first-order chi connectivity index (χ1) is 9.69. The number of aromatic nitrogens is 1. The number of thiophene rings is 1. The molecule has 2 N–H and O–H groups in total. The zero-order chi connectivity index (χ0) is 14.4. The minimum atomic E-state index is -0.458. The Morgan fingerprint density at radius 2 is 2.35 bits per heavy atom. The summed E-state index contributed by atoms with van der Waals surface area (Å²) in [5.74, 6) is -0.0951. The van der Waals surface area contributed by atoms with E-state index >= 15 is 0 Å². The summed E-state index contributed by atoms with van der Waals surface area (Å²) in [6.07, 6.45) is 1.42. The van der Waals surface area contributed by atoms with Crippen molar-refractivity contribution >= 4 is 28.6 Å². The monoisotopic (exact) mass is 310 g/mol. The third-order valence-corrected chi connectivity index (χ3v) is 4.44. The fraction of sp³-hybridized carbons (Fsp3) is 0.429. The number of amides is 1. The summed E-state index contributed by atoms with van der Waals surface area (Å²) in [5, 5.41) is 19.2. The highest BCUT2D eigenvalue weighted by molar-refractivity contribution is 7.14. The molecule has 0 bridgehead atoms. The lowest BCUT2D eigenvalue weighted by atomic mass is 10.2. The number of thiazole rings is 1. The molecule has 2 aromatic heterocycles. The van der Waals surface area contributed by atoms with Crippen molar-refractivity contribution in [2.45, 2.75) is 32.3 Å². The molecule has 0 radical (unpaired) electrons. The summed E-state index contributed by atoms with van der Waals surface area (Å²) < 4.78 is 0. The van der Waals surface area contributed by atoms with Gasteiger partial charge in [-0.25, -0.2) is 4.98 Å². The van der Waals surface area contributed by atoms with Crippen molar-refractivity contribution in [2.24, 2.45) is 0 Å². The number of hydrogen-bond acceptors (Lipinski definition) is 5. The van der Waals surface area contributed by atoms with Crippen molar-refractivity contribution in [3.8, 4) is 10.6 Å². The lowest BCUT2D eigenvalue weighted by molar-refractivity contribution is -0.120. The van der Waals surface area contributed by atoms with Crippen molar-refractivity contribution in [2.75, 3.05) is 6.54 Å². The van der Waals surface area contributed by atoms with Gasteiger partial charge in [-0.2, -0.15) is 11.3 Å². The van der Waals surface area contributed by atoms with Gasteiger partial charge in [0, 0.05) is 22.9 Å². The molecule has 20 heavy (non-hydrogen) atoms. The van der Waals surface area contributed by atoms with Gasteiger partial charge in [0.25, 0.3) is 0 Å². The van der Waals surface area contributed by atoms with Crippen LogP contribution in [-0.2, 0) is 11.2 Å². The van der Waals surface area contributed by atoms with E-state index in [1.165, 1.54) is 0 Å². The predicted molar refractivity (Wildman–Crippen MR) is 83.1 cm³/mol. The van der Waals surface area contributed by atoms with Crippen molar-refractivity contribution in [3.05, 3.63) is 27.9 Å². The maximum absolute atomic E-state index is 11.8. The Labute approximate surface area is 126 Å². The molecule has 0 saturated heterocycles. The third-order valence-electron chi connectivity index (χ3n) is 2.82. The molecule has 0 saturated carbocycles. The standard InChI is InChI=1S/C14H18N2O2S2/c1-2-3-12(17)7-15-13(18)6-11-9-20-14(16-11)10-4-5-19-8-10/h4-5,8-9,12,17H,2-3,6-7H2,1H3,(H,15,18). The van der Waals surface area contributed by atoms with E-state index in [1.54, 1.807) is 22.7 Å². The molecular weight excluding hydrogens is 292 g/mol. The van der Waals surface area contributed by atoms with Gasteiger partial charge in [0.15, 0.2) is 0 Å². The van der Waals surface area contributed by atoms with Crippen LogP contribution in [0.1, 0.15) is 25.5 Å². The molecule has 2 aromatic rings. The van der Waals surface area contributed by atoms with E-state index in [4.69, 9.17) is 0 Å². The minimum absolute atomic E-state index is 0.0951. The number of nitrogens with zero attached hydrogens (tertiary/aromatic N) is 1. The van der Waals surface area contributed by atoms with Crippen molar-refractivity contribution < 1.29 is 9.90 Å². The fourth-order valence-corrected chi connectivity index (χ4v) is 3.33. The number of nitrogens with one attached hydrogen (secondary N) is 1. The van der Waals surface area contributed by atoms with E-state index in [9.17, 15) is 9.90 Å². The number of aliphatic hydroxyl groups excluding tert-OH is 1. The molecule has 1 unspecified atom stereocenters. The molecule has 0 fully saturated rings. The SMILES string of the molecule is CCCC(O)CNC(=O)Cc1csc(-c2ccsc2)n1. The first-order valence-corrected chi connectivity index (χ1v) is 8.43. The lowest BCUT2D eigenvalue weighted by Gasteiger charge is -2.09. The second-order valence-electron chi connectivity index (χ2n) is 4.58. The zero-order valence-corrected chi connectivity index (χ0v) is 13.0. The van der Waals surface area contributed by atoms with E-state index in [0.29, 0.717) is 13.0 Å². The molecule has 1 amide bonds. The molecule has 6 heteroatoms. The number of rotatable bonds is 7. The first-order valence-electron chi connectivity index (χ1n) is 6.60. The summed E-state index contributed by atoms with van der Waals surface area (Å²) in [6.45, 7) is 2.32. The number of hydrogen-bond donors (Lipinski definition) is 2. The van der Waals surface area contributed by atoms with Gasteiger partial charge in [-0.05, 0) is 17.9 Å². The van der Waals surface area contributed by atoms with Crippen LogP contribution in [0, 0.1) is 0 Å². The summed E-state index contributed by atoms with van der Waals surface area (Å²) in [5.41, 5.74) is 1.88. The zero-order valence-electron chi connectivity index (χ0n) is 11.3. The predicted octanol–water partition coefficient (Wildman–Crippen LogP) is 2.69. The van der Waals surface area contributed by atoms with E-state index in [-0.39, 0.29) is 12.3 Å². The van der Waals surface area contributed by atoms with Crippen LogP contribution < -0.4 is 5.32 Å². The molecule has 0 aliphatic carbocycles. The van der Waals surface area contributed by atoms with E-state index < -0.39 is 6.10 Å². The Morgan fingerprint density at radius 1 is 1.50 bits per heavy atom. The minimum Gasteiger partial charge on any atom is -0.391 e. The normalized spacial score (nSPS) is 12.3. The molecule has 0 aliphatic rings. The van der Waals surface area contributed by atoms with Crippen LogP contribution in [0.2, 0.25) is 0 Å². The summed E-state index contributed by atoms with van der Waals surface area (Å²) >= 11 is 3.18. The Morgan fingerprint density at radius 3 is 3.05 bits per heavy atom. The van der Waals surface area contributed by atoms with Crippen LogP contribution in [0.4, 0.5) is 0 Å². The molecule has 2 heterocycles. The van der Waals surface area contributed by atoms with Crippen LogP contribution in [-0.4, -0.2) is 28.6 Å². The molecule has 2 rings (SSSR count). The van der Waals surface area contributed by atoms with Crippen LogP contribution >= 0.6 is 22.7 Å². The quantitative estimate of drug-likeness (QED) is 0.826. The Kier molecular flexibility index (Phi) is 5.70. The van der Waals surface area contributed by atoms with Gasteiger partial charge >= 0.3 is 0 Å². The first kappa shape index (κ1) is 15.2. The molecular formula is C14H18N2O2S2. The summed E-state index contributed by atoms with van der Waals surface area (Å²) in [7, 11) is 0. The maximum atomic E-state index is 11.8. The second-order valence-corrected chi connectivity index (χ2v) is 6.22. The molecule has 4 nitrogen and oxygen atoms in total. The topological polar surface area (TPSA) is 62.2 Å². The number of aliphatic hydroxyl groups is 1. The van der Waals surface area contributed by atoms with Crippen molar-refractivity contribution in [1.29, 1.82) is 0 Å². The van der Waals surface area contributed by atoms with Gasteiger partial charge in [0.05, 0.1) is 18.2 Å². The highest BCUT2D eigenvalue weighted by Crippen LogP contribution is 2.25. The van der Waals surface area contributed by atoms with Crippen LogP contribution in [0.15, 0.2) is 22.2 Å². The summed E-state index contributed by atoms with van der Waals surface area (Å²) in [4.78, 5) is 16.2. The van der Waals surface area contributed by atoms with Gasteiger partial charge in [-0.15, -0.1) is 11.3 Å². The Bertz CT molecular complexity index is 537. The maximum Gasteiger partial charge on any atom is 0.226 e. The van der Waals surface area contributed by atoms with E-state index in [2.05, 4.69) is 10.3 Å². The van der Waals surface area contributed by atoms with Crippen molar-refractivity contribution in [3.63, 3.8) is 0 Å². The largest absolute Gasteiger partial charge is 0.391 e. The van der Waals surface area contributed by atoms with Gasteiger partial charge in [0.2, 0.25) is 5.91 Å². The average molecular weight is 310 g/mol. The second kappa shape index (κ2) is 7.52. The van der Waals surface area contributed by atoms with E-state index in [0.717, 1.165) is 22.7 Å². The van der Waals surface area contributed by atoms with Gasteiger partial charge < -0.3 is 10.4 Å². The van der Waals surface area contributed by atoms with Crippen LogP contribution in [0.5, 0.6) is 0 Å². The van der Waals surface area contributed by atoms with Crippen molar-refractivity contribution in [1.82, 2.24) is 10.3 Å². The highest BCUT2D eigenvalue weighted by atomic mass is 32.1. The fourth-order valence-electron chi connectivity index (χ4n) is 1.80. The number of carbonyl (C=O) groups is 1. The van der Waals surface area contributed by atoms with Crippen LogP contribution in [0.25, 0.3) is 10.6 Å². The van der Waals surface area contributed by atoms with Gasteiger partial charge in [-0.3, -0.25) is 4.79 Å². The molecule has 1 atom stereocenters. The molecule has 0 aliphatic heterocycles. The summed E-state index contributed by atoms with van der Waals surface area (Å²) in [6, 6.07) is 2.02. The smallest absolute Gasteiger partial charge is 0.226 e. The molecule has 108 valence electrons. The van der Waals surface area contributed by atoms with E-state index in [1.807, 2.05) is 29.1 Å². The van der Waals surface area contributed by atoms with Crippen LogP contribution in [0.3, 0.4) is 0 Å².